The molecule has 0 radical (unpaired) electrons. The Labute approximate surface area is 71.9 Å². The molecule has 11 heavy (non-hydrogen) atoms. The predicted octanol–water partition coefficient (Wildman–Crippen LogP) is 3.06. The lowest BCUT2D eigenvalue weighted by Gasteiger charge is -2.03. The maximum atomic E-state index is 12.7. The first kappa shape index (κ1) is 10.9. The molecule has 0 aliphatic rings. The number of halogens is 2. The van der Waals surface area contributed by atoms with Crippen molar-refractivity contribution < 1.29 is 9.18 Å². The quantitative estimate of drug-likeness (QED) is 0.575. The summed E-state index contributed by atoms with van der Waals surface area (Å²) in [6.45, 7) is 2.01. The summed E-state index contributed by atoms with van der Waals surface area (Å²) in [5.41, 5.74) is 0. The fourth-order valence-electron chi connectivity index (χ4n) is 0.840. The molecule has 0 aromatic carbocycles. The van der Waals surface area contributed by atoms with Crippen LogP contribution in [0.3, 0.4) is 0 Å². The largest absolute Gasteiger partial charge is 0.281 e. The standard InChI is InChI=1S/C8H14ClFO/c1-2-3-4-7(10)5-6-8(9)11/h7H,2-6H2,1H3. The lowest BCUT2D eigenvalue weighted by Crippen LogP contribution is -2.01. The molecule has 0 saturated carbocycles. The van der Waals surface area contributed by atoms with E-state index in [-0.39, 0.29) is 12.8 Å². The van der Waals surface area contributed by atoms with Gasteiger partial charge in [-0.3, -0.25) is 4.79 Å². The fourth-order valence-corrected chi connectivity index (χ4v) is 0.949. The van der Waals surface area contributed by atoms with Crippen molar-refractivity contribution in [1.82, 2.24) is 0 Å². The van der Waals surface area contributed by atoms with E-state index in [1.165, 1.54) is 0 Å². The monoisotopic (exact) mass is 180 g/mol. The molecule has 0 rings (SSSR count). The summed E-state index contributed by atoms with van der Waals surface area (Å²) in [4.78, 5) is 10.2. The predicted molar refractivity (Wildman–Crippen MR) is 44.5 cm³/mol. The van der Waals surface area contributed by atoms with Gasteiger partial charge in [0.15, 0.2) is 0 Å². The Morgan fingerprint density at radius 2 is 2.18 bits per heavy atom. The second kappa shape index (κ2) is 6.59. The highest BCUT2D eigenvalue weighted by molar-refractivity contribution is 6.63. The molecule has 0 heterocycles. The summed E-state index contributed by atoms with van der Waals surface area (Å²) in [7, 11) is 0. The molecule has 0 amide bonds. The Morgan fingerprint density at radius 1 is 1.55 bits per heavy atom. The van der Waals surface area contributed by atoms with Gasteiger partial charge in [0.25, 0.3) is 0 Å². The van der Waals surface area contributed by atoms with Gasteiger partial charge in [-0.25, -0.2) is 4.39 Å². The summed E-state index contributed by atoms with van der Waals surface area (Å²) < 4.78 is 12.7. The van der Waals surface area contributed by atoms with Crippen LogP contribution in [0.2, 0.25) is 0 Å². The second-order valence-corrected chi connectivity index (χ2v) is 3.05. The summed E-state index contributed by atoms with van der Waals surface area (Å²) >= 11 is 5.05. The average molecular weight is 181 g/mol. The van der Waals surface area contributed by atoms with E-state index in [4.69, 9.17) is 11.6 Å². The maximum absolute atomic E-state index is 12.7. The lowest BCUT2D eigenvalue weighted by molar-refractivity contribution is -0.112. The molecule has 0 aromatic rings. The highest BCUT2D eigenvalue weighted by Crippen LogP contribution is 2.11. The van der Waals surface area contributed by atoms with Crippen LogP contribution >= 0.6 is 11.6 Å². The van der Waals surface area contributed by atoms with Gasteiger partial charge in [0.1, 0.15) is 6.17 Å². The Kier molecular flexibility index (Phi) is 6.52. The van der Waals surface area contributed by atoms with E-state index in [0.29, 0.717) is 6.42 Å². The van der Waals surface area contributed by atoms with Crippen LogP contribution in [0.25, 0.3) is 0 Å². The van der Waals surface area contributed by atoms with Crippen LogP contribution < -0.4 is 0 Å². The zero-order valence-corrected chi connectivity index (χ0v) is 7.53. The zero-order valence-electron chi connectivity index (χ0n) is 6.78. The molecule has 1 nitrogen and oxygen atoms in total. The van der Waals surface area contributed by atoms with Gasteiger partial charge in [-0.1, -0.05) is 19.8 Å². The van der Waals surface area contributed by atoms with E-state index in [1.54, 1.807) is 0 Å². The summed E-state index contributed by atoms with van der Waals surface area (Å²) in [6.07, 6.45) is 2.03. The molecule has 3 heteroatoms. The molecule has 0 spiro atoms. The van der Waals surface area contributed by atoms with Crippen molar-refractivity contribution in [3.05, 3.63) is 0 Å². The topological polar surface area (TPSA) is 17.1 Å². The van der Waals surface area contributed by atoms with Crippen LogP contribution in [-0.4, -0.2) is 11.4 Å². The van der Waals surface area contributed by atoms with Gasteiger partial charge in [0, 0.05) is 6.42 Å². The summed E-state index contributed by atoms with van der Waals surface area (Å²) in [5.74, 6) is 0. The van der Waals surface area contributed by atoms with E-state index >= 15 is 0 Å². The SMILES string of the molecule is CCCCC(F)CCC(=O)Cl. The van der Waals surface area contributed by atoms with Gasteiger partial charge < -0.3 is 0 Å². The van der Waals surface area contributed by atoms with E-state index in [1.807, 2.05) is 6.92 Å². The van der Waals surface area contributed by atoms with Crippen LogP contribution in [0, 0.1) is 0 Å². The molecule has 66 valence electrons. The molecule has 0 aliphatic heterocycles. The van der Waals surface area contributed by atoms with Crippen molar-refractivity contribution in [2.45, 2.75) is 45.2 Å². The minimum Gasteiger partial charge on any atom is -0.281 e. The fraction of sp³-hybridized carbons (Fsp3) is 0.875. The second-order valence-electron chi connectivity index (χ2n) is 2.63. The third kappa shape index (κ3) is 7.79. The first-order valence-electron chi connectivity index (χ1n) is 3.99. The number of alkyl halides is 1. The summed E-state index contributed by atoms with van der Waals surface area (Å²) in [5, 5.41) is -0.441. The Morgan fingerprint density at radius 3 is 2.64 bits per heavy atom. The molecule has 1 atom stereocenters. The number of rotatable bonds is 6. The smallest absolute Gasteiger partial charge is 0.221 e. The Hall–Kier alpha value is -0.110. The maximum Gasteiger partial charge on any atom is 0.221 e. The normalized spacial score (nSPS) is 13.0. The first-order chi connectivity index (χ1) is 5.16. The van der Waals surface area contributed by atoms with Crippen molar-refractivity contribution in [2.75, 3.05) is 0 Å². The van der Waals surface area contributed by atoms with Crippen LogP contribution in [0.15, 0.2) is 0 Å². The molecular weight excluding hydrogens is 167 g/mol. The first-order valence-corrected chi connectivity index (χ1v) is 4.37. The van der Waals surface area contributed by atoms with Gasteiger partial charge in [0.05, 0.1) is 0 Å². The van der Waals surface area contributed by atoms with Gasteiger partial charge in [-0.15, -0.1) is 0 Å². The van der Waals surface area contributed by atoms with Gasteiger partial charge in [-0.05, 0) is 24.4 Å². The van der Waals surface area contributed by atoms with Crippen molar-refractivity contribution in [2.24, 2.45) is 0 Å². The van der Waals surface area contributed by atoms with Gasteiger partial charge in [0.2, 0.25) is 5.24 Å². The third-order valence-corrected chi connectivity index (χ3v) is 1.71. The van der Waals surface area contributed by atoms with E-state index in [9.17, 15) is 9.18 Å². The van der Waals surface area contributed by atoms with Crippen LogP contribution in [0.4, 0.5) is 4.39 Å². The van der Waals surface area contributed by atoms with Crippen LogP contribution in [-0.2, 0) is 4.79 Å². The minimum absolute atomic E-state index is 0.159. The van der Waals surface area contributed by atoms with Crippen LogP contribution in [0.1, 0.15) is 39.0 Å². The van der Waals surface area contributed by atoms with E-state index in [0.717, 1.165) is 12.8 Å². The third-order valence-electron chi connectivity index (χ3n) is 1.53. The zero-order chi connectivity index (χ0) is 8.69. The number of unbranched alkanes of at least 4 members (excludes halogenated alkanes) is 1. The molecular formula is C8H14ClFO. The highest BCUT2D eigenvalue weighted by Gasteiger charge is 2.07. The number of hydrogen-bond donors (Lipinski definition) is 0. The molecule has 0 aliphatic carbocycles. The van der Waals surface area contributed by atoms with Gasteiger partial charge >= 0.3 is 0 Å². The molecule has 0 N–H and O–H groups in total. The van der Waals surface area contributed by atoms with Crippen molar-refractivity contribution in [3.8, 4) is 0 Å². The molecule has 0 fully saturated rings. The average Bonchev–Trinajstić information content (AvgIpc) is 1.97. The Bertz CT molecular complexity index is 117. The molecule has 0 aromatic heterocycles. The molecule has 0 saturated heterocycles. The number of carbonyl (C=O) groups is 1. The van der Waals surface area contributed by atoms with Gasteiger partial charge in [-0.2, -0.15) is 0 Å². The molecule has 0 bridgehead atoms. The number of carbonyl (C=O) groups excluding carboxylic acids is 1. The van der Waals surface area contributed by atoms with Crippen molar-refractivity contribution in [3.63, 3.8) is 0 Å². The van der Waals surface area contributed by atoms with Crippen molar-refractivity contribution in [1.29, 1.82) is 0 Å². The minimum atomic E-state index is -0.849. The number of hydrogen-bond acceptors (Lipinski definition) is 1. The summed E-state index contributed by atoms with van der Waals surface area (Å²) in [6, 6.07) is 0. The Balaban J connectivity index is 3.22. The van der Waals surface area contributed by atoms with E-state index in [2.05, 4.69) is 0 Å². The lowest BCUT2D eigenvalue weighted by atomic mass is 10.1. The molecule has 1 unspecified atom stereocenters. The van der Waals surface area contributed by atoms with E-state index < -0.39 is 11.4 Å². The highest BCUT2D eigenvalue weighted by atomic mass is 35.5. The van der Waals surface area contributed by atoms with Crippen LogP contribution in [0.5, 0.6) is 0 Å². The van der Waals surface area contributed by atoms with Crippen molar-refractivity contribution >= 4 is 16.8 Å².